The Balaban J connectivity index is 1.55. The van der Waals surface area contributed by atoms with Crippen LogP contribution in [-0.4, -0.2) is 37.6 Å². The number of thioether (sulfide) groups is 1. The fraction of sp³-hybridized carbons (Fsp3) is 0.409. The highest BCUT2D eigenvalue weighted by Crippen LogP contribution is 2.32. The molecule has 33 heavy (non-hydrogen) atoms. The summed E-state index contributed by atoms with van der Waals surface area (Å²) >= 11 is 1.16. The first-order valence-electron chi connectivity index (χ1n) is 10.5. The minimum Gasteiger partial charge on any atom is -0.454 e. The number of carbonyl (C=O) groups is 1. The van der Waals surface area contributed by atoms with Crippen LogP contribution in [0.5, 0.6) is 11.5 Å². The zero-order valence-electron chi connectivity index (χ0n) is 18.9. The molecule has 0 saturated heterocycles. The van der Waals surface area contributed by atoms with E-state index in [-0.39, 0.29) is 35.4 Å². The third kappa shape index (κ3) is 4.72. The lowest BCUT2D eigenvalue weighted by atomic mass is 10.1. The first-order chi connectivity index (χ1) is 15.7. The van der Waals surface area contributed by atoms with Gasteiger partial charge < -0.3 is 14.8 Å². The SMILES string of the molecule is CC(C)Cc1nc(SCC(=O)NCc2ccc3c(c2)OCO3)c2c(=O)n(C)c(=O)n(C)c2n1. The average molecular weight is 472 g/mol. The Morgan fingerprint density at radius 2 is 1.91 bits per heavy atom. The third-order valence-electron chi connectivity index (χ3n) is 5.17. The quantitative estimate of drug-likeness (QED) is 0.406. The molecular formula is C22H25N5O5S. The minimum atomic E-state index is -0.479. The highest BCUT2D eigenvalue weighted by molar-refractivity contribution is 8.00. The predicted molar refractivity (Wildman–Crippen MR) is 124 cm³/mol. The van der Waals surface area contributed by atoms with Gasteiger partial charge in [0.1, 0.15) is 16.2 Å². The van der Waals surface area contributed by atoms with Gasteiger partial charge in [0.15, 0.2) is 17.1 Å². The van der Waals surface area contributed by atoms with Crippen molar-refractivity contribution in [1.29, 1.82) is 0 Å². The Morgan fingerprint density at radius 3 is 2.67 bits per heavy atom. The van der Waals surface area contributed by atoms with Crippen LogP contribution in [-0.2, 0) is 31.9 Å². The number of aryl methyl sites for hydroxylation is 1. The molecule has 1 N–H and O–H groups in total. The molecule has 0 aliphatic carbocycles. The van der Waals surface area contributed by atoms with Gasteiger partial charge in [0.25, 0.3) is 5.56 Å². The molecule has 1 aliphatic rings. The normalized spacial score (nSPS) is 12.5. The second-order valence-corrected chi connectivity index (χ2v) is 9.16. The van der Waals surface area contributed by atoms with E-state index in [1.807, 2.05) is 32.0 Å². The molecule has 0 saturated carbocycles. The van der Waals surface area contributed by atoms with Crippen molar-refractivity contribution < 1.29 is 14.3 Å². The van der Waals surface area contributed by atoms with Crippen LogP contribution >= 0.6 is 11.8 Å². The molecule has 1 aliphatic heterocycles. The van der Waals surface area contributed by atoms with E-state index < -0.39 is 11.2 Å². The van der Waals surface area contributed by atoms with Crippen molar-refractivity contribution in [2.24, 2.45) is 20.0 Å². The first-order valence-corrected chi connectivity index (χ1v) is 11.5. The summed E-state index contributed by atoms with van der Waals surface area (Å²) in [6.45, 7) is 4.59. The number of hydrogen-bond donors (Lipinski definition) is 1. The van der Waals surface area contributed by atoms with Gasteiger partial charge >= 0.3 is 5.69 Å². The fourth-order valence-electron chi connectivity index (χ4n) is 3.47. The Bertz CT molecular complexity index is 1350. The largest absolute Gasteiger partial charge is 0.454 e. The van der Waals surface area contributed by atoms with Crippen molar-refractivity contribution in [2.75, 3.05) is 12.5 Å². The van der Waals surface area contributed by atoms with Crippen molar-refractivity contribution in [3.8, 4) is 11.5 Å². The number of nitrogens with one attached hydrogen (secondary N) is 1. The molecule has 2 aromatic heterocycles. The molecule has 0 fully saturated rings. The Labute approximate surface area is 193 Å². The van der Waals surface area contributed by atoms with Gasteiger partial charge in [-0.15, -0.1) is 0 Å². The van der Waals surface area contributed by atoms with Crippen LogP contribution in [0.3, 0.4) is 0 Å². The van der Waals surface area contributed by atoms with Crippen molar-refractivity contribution in [3.63, 3.8) is 0 Å². The van der Waals surface area contributed by atoms with E-state index in [0.29, 0.717) is 35.3 Å². The molecule has 0 bridgehead atoms. The van der Waals surface area contributed by atoms with Crippen molar-refractivity contribution >= 4 is 28.7 Å². The van der Waals surface area contributed by atoms with E-state index >= 15 is 0 Å². The summed E-state index contributed by atoms with van der Waals surface area (Å²) in [5.41, 5.74) is 0.219. The number of rotatable bonds is 7. The van der Waals surface area contributed by atoms with Crippen LogP contribution in [0, 0.1) is 5.92 Å². The average Bonchev–Trinajstić information content (AvgIpc) is 3.25. The van der Waals surface area contributed by atoms with Crippen molar-refractivity contribution in [3.05, 3.63) is 50.4 Å². The molecule has 4 rings (SSSR count). The molecule has 0 unspecified atom stereocenters. The van der Waals surface area contributed by atoms with E-state index in [0.717, 1.165) is 21.9 Å². The molecule has 3 heterocycles. The Morgan fingerprint density at radius 1 is 1.15 bits per heavy atom. The standard InChI is InChI=1S/C22H25N5O5S/c1-12(2)7-16-24-19-18(21(29)27(4)22(30)26(19)3)20(25-16)33-10-17(28)23-9-13-5-6-14-15(8-13)32-11-31-14/h5-6,8,12H,7,9-11H2,1-4H3,(H,23,28). The van der Waals surface area contributed by atoms with Gasteiger partial charge in [0, 0.05) is 27.1 Å². The number of aromatic nitrogens is 4. The zero-order valence-corrected chi connectivity index (χ0v) is 19.7. The second-order valence-electron chi connectivity index (χ2n) is 8.20. The number of hydrogen-bond acceptors (Lipinski definition) is 8. The van der Waals surface area contributed by atoms with E-state index in [9.17, 15) is 14.4 Å². The van der Waals surface area contributed by atoms with E-state index in [1.165, 1.54) is 11.6 Å². The van der Waals surface area contributed by atoms with Gasteiger partial charge in [-0.3, -0.25) is 18.7 Å². The highest BCUT2D eigenvalue weighted by Gasteiger charge is 2.19. The minimum absolute atomic E-state index is 0.0593. The number of nitrogens with zero attached hydrogens (tertiary/aromatic N) is 4. The molecule has 11 heteroatoms. The topological polar surface area (TPSA) is 117 Å². The van der Waals surface area contributed by atoms with Crippen molar-refractivity contribution in [1.82, 2.24) is 24.4 Å². The van der Waals surface area contributed by atoms with Crippen LogP contribution in [0.25, 0.3) is 11.0 Å². The lowest BCUT2D eigenvalue weighted by Gasteiger charge is -2.13. The summed E-state index contributed by atoms with van der Waals surface area (Å²) < 4.78 is 13.0. The number of carbonyl (C=O) groups excluding carboxylic acids is 1. The van der Waals surface area contributed by atoms with Gasteiger partial charge in [-0.1, -0.05) is 31.7 Å². The van der Waals surface area contributed by atoms with Crippen LogP contribution in [0.4, 0.5) is 0 Å². The number of benzene rings is 1. The molecule has 0 spiro atoms. The Kier molecular flexibility index (Phi) is 6.41. The molecule has 0 atom stereocenters. The predicted octanol–water partition coefficient (Wildman–Crippen LogP) is 1.36. The number of amides is 1. The summed E-state index contributed by atoms with van der Waals surface area (Å²) in [6, 6.07) is 5.50. The van der Waals surface area contributed by atoms with Crippen LogP contribution < -0.4 is 26.0 Å². The summed E-state index contributed by atoms with van der Waals surface area (Å²) in [4.78, 5) is 46.8. The molecule has 0 radical (unpaired) electrons. The lowest BCUT2D eigenvalue weighted by Crippen LogP contribution is -2.38. The monoisotopic (exact) mass is 471 g/mol. The molecule has 174 valence electrons. The zero-order chi connectivity index (χ0) is 23.7. The second kappa shape index (κ2) is 9.26. The summed E-state index contributed by atoms with van der Waals surface area (Å²) in [7, 11) is 2.99. The molecular weight excluding hydrogens is 446 g/mol. The van der Waals surface area contributed by atoms with Gasteiger partial charge in [0.2, 0.25) is 12.7 Å². The molecule has 1 aromatic carbocycles. The molecule has 3 aromatic rings. The van der Waals surface area contributed by atoms with E-state index in [1.54, 1.807) is 7.05 Å². The summed E-state index contributed by atoms with van der Waals surface area (Å²) in [5, 5.41) is 3.49. The van der Waals surface area contributed by atoms with Gasteiger partial charge in [-0.05, 0) is 23.6 Å². The Hall–Kier alpha value is -3.34. The van der Waals surface area contributed by atoms with Crippen LogP contribution in [0.2, 0.25) is 0 Å². The van der Waals surface area contributed by atoms with Gasteiger partial charge in [-0.2, -0.15) is 0 Å². The maximum Gasteiger partial charge on any atom is 0.332 e. The number of fused-ring (bicyclic) bond motifs is 2. The van der Waals surface area contributed by atoms with Crippen LogP contribution in [0.1, 0.15) is 25.2 Å². The first kappa shape index (κ1) is 22.8. The lowest BCUT2D eigenvalue weighted by molar-refractivity contribution is -0.118. The van der Waals surface area contributed by atoms with E-state index in [2.05, 4.69) is 15.3 Å². The van der Waals surface area contributed by atoms with E-state index in [4.69, 9.17) is 9.47 Å². The van der Waals surface area contributed by atoms with Crippen molar-refractivity contribution in [2.45, 2.75) is 31.8 Å². The third-order valence-corrected chi connectivity index (χ3v) is 6.15. The summed E-state index contributed by atoms with van der Waals surface area (Å²) in [5.74, 6) is 2.01. The number of ether oxygens (including phenoxy) is 2. The molecule has 1 amide bonds. The fourth-order valence-corrected chi connectivity index (χ4v) is 4.33. The molecule has 10 nitrogen and oxygen atoms in total. The maximum atomic E-state index is 12.8. The summed E-state index contributed by atoms with van der Waals surface area (Å²) in [6.07, 6.45) is 0.587. The maximum absolute atomic E-state index is 12.8. The van der Waals surface area contributed by atoms with Gasteiger partial charge in [0.05, 0.1) is 5.75 Å². The highest BCUT2D eigenvalue weighted by atomic mass is 32.2. The van der Waals surface area contributed by atoms with Gasteiger partial charge in [-0.25, -0.2) is 14.8 Å². The smallest absolute Gasteiger partial charge is 0.332 e. The van der Waals surface area contributed by atoms with Crippen LogP contribution in [0.15, 0.2) is 32.8 Å².